The Balaban J connectivity index is 1.55. The third kappa shape index (κ3) is 4.28. The molecule has 1 aliphatic heterocycles. The van der Waals surface area contributed by atoms with Gasteiger partial charge in [0.2, 0.25) is 5.91 Å². The minimum atomic E-state index is -0.620. The molecule has 0 bridgehead atoms. The first kappa shape index (κ1) is 17.2. The van der Waals surface area contributed by atoms with Crippen molar-refractivity contribution in [3.05, 3.63) is 53.3 Å². The summed E-state index contributed by atoms with van der Waals surface area (Å²) >= 11 is 5.82. The highest BCUT2D eigenvalue weighted by Gasteiger charge is 2.21. The Bertz CT molecular complexity index is 794. The average molecular weight is 364 g/mol. The first-order chi connectivity index (χ1) is 12.0. The molecule has 1 amide bonds. The third-order valence-electron chi connectivity index (χ3n) is 3.69. The number of benzene rings is 2. The molecule has 2 aromatic carbocycles. The number of hydrogen-bond acceptors (Lipinski definition) is 4. The average Bonchev–Trinajstić information content (AvgIpc) is 3.01. The summed E-state index contributed by atoms with van der Waals surface area (Å²) in [6, 6.07) is 10.3. The van der Waals surface area contributed by atoms with Crippen LogP contribution >= 0.6 is 11.6 Å². The molecule has 2 aromatic rings. The Hall–Kier alpha value is -2.60. The van der Waals surface area contributed by atoms with Crippen molar-refractivity contribution >= 4 is 29.2 Å². The summed E-state index contributed by atoms with van der Waals surface area (Å²) < 4.78 is 23.3. The summed E-state index contributed by atoms with van der Waals surface area (Å²) in [4.78, 5) is 25.2. The lowest BCUT2D eigenvalue weighted by atomic mass is 10.3. The molecule has 0 unspecified atom stereocenters. The van der Waals surface area contributed by atoms with Gasteiger partial charge in [0.25, 0.3) is 0 Å². The van der Waals surface area contributed by atoms with E-state index in [0.717, 1.165) is 18.2 Å². The fraction of sp³-hybridized carbons (Fsp3) is 0.222. The van der Waals surface area contributed by atoms with Gasteiger partial charge in [-0.25, -0.2) is 9.18 Å². The molecule has 5 nitrogen and oxygen atoms in total. The number of carbonyl (C=O) groups excluding carboxylic acids is 2. The molecule has 0 aliphatic carbocycles. The van der Waals surface area contributed by atoms with Gasteiger partial charge in [-0.3, -0.25) is 4.79 Å². The Morgan fingerprint density at radius 3 is 2.60 bits per heavy atom. The van der Waals surface area contributed by atoms with Gasteiger partial charge in [-0.1, -0.05) is 11.6 Å². The number of amides is 1. The van der Waals surface area contributed by atoms with Crippen LogP contribution in [0, 0.1) is 5.82 Å². The van der Waals surface area contributed by atoms with E-state index in [1.807, 2.05) is 0 Å². The number of rotatable bonds is 5. The van der Waals surface area contributed by atoms with Crippen LogP contribution in [0.3, 0.4) is 0 Å². The van der Waals surface area contributed by atoms with Gasteiger partial charge < -0.3 is 14.4 Å². The molecule has 25 heavy (non-hydrogen) atoms. The van der Waals surface area contributed by atoms with Gasteiger partial charge in [0.1, 0.15) is 17.3 Å². The molecule has 0 spiro atoms. The molecule has 0 atom stereocenters. The summed E-state index contributed by atoms with van der Waals surface area (Å²) in [5.74, 6) is -0.478. The molecule has 1 fully saturated rings. The molecule has 1 saturated heterocycles. The molecule has 130 valence electrons. The van der Waals surface area contributed by atoms with Crippen molar-refractivity contribution in [1.29, 1.82) is 0 Å². The number of nitrogens with zero attached hydrogens (tertiary/aromatic N) is 1. The van der Waals surface area contributed by atoms with Crippen LogP contribution in [-0.2, 0) is 9.59 Å². The molecule has 7 heteroatoms. The van der Waals surface area contributed by atoms with Crippen LogP contribution in [-0.4, -0.2) is 25.0 Å². The lowest BCUT2D eigenvalue weighted by molar-refractivity contribution is -0.136. The van der Waals surface area contributed by atoms with E-state index in [4.69, 9.17) is 21.1 Å². The Kier molecular flexibility index (Phi) is 5.19. The highest BCUT2D eigenvalue weighted by Crippen LogP contribution is 2.26. The monoisotopic (exact) mass is 363 g/mol. The van der Waals surface area contributed by atoms with E-state index in [1.54, 1.807) is 29.2 Å². The maximum atomic E-state index is 12.9. The zero-order valence-electron chi connectivity index (χ0n) is 13.2. The summed E-state index contributed by atoms with van der Waals surface area (Å²) in [6.07, 6.45) is 1.40. The van der Waals surface area contributed by atoms with Crippen molar-refractivity contribution < 1.29 is 23.5 Å². The maximum absolute atomic E-state index is 12.9. The van der Waals surface area contributed by atoms with E-state index < -0.39 is 11.8 Å². The molecule has 1 heterocycles. The first-order valence-electron chi connectivity index (χ1n) is 7.72. The predicted octanol–water partition coefficient (Wildman–Crippen LogP) is 3.59. The van der Waals surface area contributed by atoms with E-state index >= 15 is 0 Å². The van der Waals surface area contributed by atoms with E-state index in [9.17, 15) is 14.0 Å². The van der Waals surface area contributed by atoms with Gasteiger partial charge in [0.05, 0.1) is 5.02 Å². The van der Waals surface area contributed by atoms with Gasteiger partial charge >= 0.3 is 5.97 Å². The molecule has 3 rings (SSSR count). The van der Waals surface area contributed by atoms with Gasteiger partial charge in [-0.05, 0) is 48.9 Å². The Labute approximate surface area is 148 Å². The van der Waals surface area contributed by atoms with Crippen molar-refractivity contribution in [2.45, 2.75) is 12.8 Å². The fourth-order valence-electron chi connectivity index (χ4n) is 2.51. The Morgan fingerprint density at radius 2 is 1.96 bits per heavy atom. The van der Waals surface area contributed by atoms with E-state index in [2.05, 4.69) is 0 Å². The van der Waals surface area contributed by atoms with Crippen LogP contribution in [0.5, 0.6) is 11.5 Å². The lowest BCUT2D eigenvalue weighted by Gasteiger charge is -2.15. The van der Waals surface area contributed by atoms with E-state index in [0.29, 0.717) is 18.7 Å². The molecular weight excluding hydrogens is 349 g/mol. The minimum Gasteiger partial charge on any atom is -0.480 e. The van der Waals surface area contributed by atoms with Crippen molar-refractivity contribution in [3.63, 3.8) is 0 Å². The molecule has 0 saturated carbocycles. The normalized spacial score (nSPS) is 13.8. The SMILES string of the molecule is O=C(COc1ccc(F)cc1Cl)Oc1ccc(N2CCCC2=O)cc1. The second kappa shape index (κ2) is 7.53. The van der Waals surface area contributed by atoms with Gasteiger partial charge in [0.15, 0.2) is 6.61 Å². The first-order valence-corrected chi connectivity index (χ1v) is 8.10. The van der Waals surface area contributed by atoms with Crippen molar-refractivity contribution in [2.24, 2.45) is 0 Å². The highest BCUT2D eigenvalue weighted by molar-refractivity contribution is 6.32. The second-order valence-electron chi connectivity index (χ2n) is 5.48. The van der Waals surface area contributed by atoms with Crippen LogP contribution in [0.2, 0.25) is 5.02 Å². The summed E-state index contributed by atoms with van der Waals surface area (Å²) in [5, 5.41) is 0.0763. The molecular formula is C18H15ClFNO4. The number of carbonyl (C=O) groups is 2. The van der Waals surface area contributed by atoms with Crippen molar-refractivity contribution in [3.8, 4) is 11.5 Å². The summed E-state index contributed by atoms with van der Waals surface area (Å²) in [5.41, 5.74) is 0.775. The van der Waals surface area contributed by atoms with Gasteiger partial charge in [-0.15, -0.1) is 0 Å². The second-order valence-corrected chi connectivity index (χ2v) is 5.89. The van der Waals surface area contributed by atoms with Gasteiger partial charge in [-0.2, -0.15) is 0 Å². The largest absolute Gasteiger partial charge is 0.480 e. The third-order valence-corrected chi connectivity index (χ3v) is 3.99. The van der Waals surface area contributed by atoms with Crippen LogP contribution < -0.4 is 14.4 Å². The van der Waals surface area contributed by atoms with Gasteiger partial charge in [0, 0.05) is 18.7 Å². The molecule has 0 N–H and O–H groups in total. The lowest BCUT2D eigenvalue weighted by Crippen LogP contribution is -2.23. The topological polar surface area (TPSA) is 55.8 Å². The van der Waals surface area contributed by atoms with Crippen LogP contribution in [0.1, 0.15) is 12.8 Å². The quantitative estimate of drug-likeness (QED) is 0.601. The van der Waals surface area contributed by atoms with E-state index in [-0.39, 0.29) is 23.3 Å². The Morgan fingerprint density at radius 1 is 1.20 bits per heavy atom. The number of anilines is 1. The van der Waals surface area contributed by atoms with Crippen molar-refractivity contribution in [2.75, 3.05) is 18.1 Å². The van der Waals surface area contributed by atoms with Crippen LogP contribution in [0.15, 0.2) is 42.5 Å². The van der Waals surface area contributed by atoms with Crippen molar-refractivity contribution in [1.82, 2.24) is 0 Å². The fourth-order valence-corrected chi connectivity index (χ4v) is 2.73. The summed E-state index contributed by atoms with van der Waals surface area (Å²) in [7, 11) is 0. The molecule has 0 aromatic heterocycles. The van der Waals surface area contributed by atoms with Crippen LogP contribution in [0.25, 0.3) is 0 Å². The number of ether oxygens (including phenoxy) is 2. The molecule has 1 aliphatic rings. The number of esters is 1. The maximum Gasteiger partial charge on any atom is 0.349 e. The predicted molar refractivity (Wildman–Crippen MR) is 90.6 cm³/mol. The molecule has 0 radical (unpaired) electrons. The minimum absolute atomic E-state index is 0.0763. The van der Waals surface area contributed by atoms with Crippen LogP contribution in [0.4, 0.5) is 10.1 Å². The summed E-state index contributed by atoms with van der Waals surface area (Å²) in [6.45, 7) is 0.335. The zero-order valence-corrected chi connectivity index (χ0v) is 14.0. The standard InChI is InChI=1S/C18H15ClFNO4/c19-15-10-12(20)3-8-16(15)24-11-18(23)25-14-6-4-13(5-7-14)21-9-1-2-17(21)22/h3-8,10H,1-2,9,11H2. The number of halogens is 2. The smallest absolute Gasteiger partial charge is 0.349 e. The highest BCUT2D eigenvalue weighted by atomic mass is 35.5. The zero-order chi connectivity index (χ0) is 17.8. The number of hydrogen-bond donors (Lipinski definition) is 0. The van der Waals surface area contributed by atoms with E-state index in [1.165, 1.54) is 12.1 Å².